The highest BCUT2D eigenvalue weighted by atomic mass is 16.5. The van der Waals surface area contributed by atoms with Gasteiger partial charge in [-0.3, -0.25) is 0 Å². The fourth-order valence-corrected chi connectivity index (χ4v) is 3.49. The van der Waals surface area contributed by atoms with E-state index in [9.17, 15) is 0 Å². The standard InChI is InChI=1S/C19H30O/c1-14(20-5)16-7-6-8-17(13-16)15-9-11-18(12-10-15)19(2,3)4/h6-8,13-15,18H,9-12H2,1-5H3. The molecule has 1 atom stereocenters. The maximum atomic E-state index is 5.44. The molecule has 1 aromatic rings. The molecular formula is C19H30O. The summed E-state index contributed by atoms with van der Waals surface area (Å²) in [5.41, 5.74) is 3.29. The lowest BCUT2D eigenvalue weighted by molar-refractivity contribution is 0.119. The minimum Gasteiger partial charge on any atom is -0.377 e. The van der Waals surface area contributed by atoms with Crippen molar-refractivity contribution in [1.82, 2.24) is 0 Å². The zero-order valence-corrected chi connectivity index (χ0v) is 13.8. The first-order chi connectivity index (χ1) is 9.41. The van der Waals surface area contributed by atoms with Gasteiger partial charge < -0.3 is 4.74 Å². The van der Waals surface area contributed by atoms with Crippen molar-refractivity contribution >= 4 is 0 Å². The Balaban J connectivity index is 2.04. The van der Waals surface area contributed by atoms with Gasteiger partial charge in [-0.2, -0.15) is 0 Å². The van der Waals surface area contributed by atoms with Crippen LogP contribution in [0.4, 0.5) is 0 Å². The molecule has 1 aromatic carbocycles. The molecule has 1 saturated carbocycles. The Morgan fingerprint density at radius 1 is 1.10 bits per heavy atom. The molecule has 0 amide bonds. The van der Waals surface area contributed by atoms with Gasteiger partial charge >= 0.3 is 0 Å². The summed E-state index contributed by atoms with van der Waals surface area (Å²) < 4.78 is 5.44. The lowest BCUT2D eigenvalue weighted by Gasteiger charge is -2.37. The van der Waals surface area contributed by atoms with E-state index in [0.29, 0.717) is 5.41 Å². The van der Waals surface area contributed by atoms with Crippen LogP contribution in [0, 0.1) is 11.3 Å². The molecule has 1 heteroatoms. The predicted octanol–water partition coefficient (Wildman–Crippen LogP) is 5.71. The van der Waals surface area contributed by atoms with E-state index in [1.807, 2.05) is 0 Å². The van der Waals surface area contributed by atoms with Crippen molar-refractivity contribution in [2.24, 2.45) is 11.3 Å². The maximum absolute atomic E-state index is 5.44. The van der Waals surface area contributed by atoms with Gasteiger partial charge in [0.25, 0.3) is 0 Å². The van der Waals surface area contributed by atoms with Gasteiger partial charge in [0, 0.05) is 7.11 Å². The first-order valence-electron chi connectivity index (χ1n) is 8.04. The molecule has 0 spiro atoms. The fraction of sp³-hybridized carbons (Fsp3) is 0.684. The number of methoxy groups -OCH3 is 1. The second-order valence-electron chi connectivity index (χ2n) is 7.46. The molecule has 1 aliphatic carbocycles. The van der Waals surface area contributed by atoms with Gasteiger partial charge in [0.1, 0.15) is 0 Å². The average Bonchev–Trinajstić information content (AvgIpc) is 2.46. The van der Waals surface area contributed by atoms with Crippen molar-refractivity contribution in [2.45, 2.75) is 65.4 Å². The smallest absolute Gasteiger partial charge is 0.0793 e. The highest BCUT2D eigenvalue weighted by molar-refractivity contribution is 5.28. The van der Waals surface area contributed by atoms with E-state index in [4.69, 9.17) is 4.74 Å². The zero-order chi connectivity index (χ0) is 14.8. The summed E-state index contributed by atoms with van der Waals surface area (Å²) in [7, 11) is 1.78. The molecule has 1 nitrogen and oxygen atoms in total. The lowest BCUT2D eigenvalue weighted by Crippen LogP contribution is -2.25. The van der Waals surface area contributed by atoms with Crippen molar-refractivity contribution in [1.29, 1.82) is 0 Å². The predicted molar refractivity (Wildman–Crippen MR) is 86.0 cm³/mol. The first-order valence-corrected chi connectivity index (χ1v) is 8.04. The lowest BCUT2D eigenvalue weighted by atomic mass is 9.68. The Morgan fingerprint density at radius 3 is 2.30 bits per heavy atom. The largest absolute Gasteiger partial charge is 0.377 e. The Labute approximate surface area is 124 Å². The number of ether oxygens (including phenoxy) is 1. The Morgan fingerprint density at radius 2 is 1.75 bits per heavy atom. The quantitative estimate of drug-likeness (QED) is 0.685. The number of benzene rings is 1. The summed E-state index contributed by atoms with van der Waals surface area (Å²) in [4.78, 5) is 0. The van der Waals surface area contributed by atoms with Crippen molar-refractivity contribution in [3.63, 3.8) is 0 Å². The molecule has 1 unspecified atom stereocenters. The molecule has 2 rings (SSSR count). The van der Waals surface area contributed by atoms with Crippen molar-refractivity contribution < 1.29 is 4.74 Å². The van der Waals surface area contributed by atoms with Crippen LogP contribution in [0.3, 0.4) is 0 Å². The molecule has 20 heavy (non-hydrogen) atoms. The highest BCUT2D eigenvalue weighted by Crippen LogP contribution is 2.43. The second-order valence-corrected chi connectivity index (χ2v) is 7.46. The van der Waals surface area contributed by atoms with Gasteiger partial charge in [-0.25, -0.2) is 0 Å². The summed E-state index contributed by atoms with van der Waals surface area (Å²) in [5.74, 6) is 1.64. The van der Waals surface area contributed by atoms with Crippen LogP contribution in [-0.2, 0) is 4.74 Å². The third kappa shape index (κ3) is 3.63. The van der Waals surface area contributed by atoms with Crippen LogP contribution in [-0.4, -0.2) is 7.11 Å². The van der Waals surface area contributed by atoms with Crippen LogP contribution in [0.25, 0.3) is 0 Å². The third-order valence-electron chi connectivity index (χ3n) is 5.16. The number of rotatable bonds is 3. The maximum Gasteiger partial charge on any atom is 0.0793 e. The van der Waals surface area contributed by atoms with E-state index in [-0.39, 0.29) is 6.10 Å². The van der Waals surface area contributed by atoms with Crippen LogP contribution < -0.4 is 0 Å². The van der Waals surface area contributed by atoms with E-state index in [0.717, 1.165) is 11.8 Å². The van der Waals surface area contributed by atoms with Crippen molar-refractivity contribution in [3.8, 4) is 0 Å². The summed E-state index contributed by atoms with van der Waals surface area (Å²) in [6, 6.07) is 9.03. The van der Waals surface area contributed by atoms with Crippen molar-refractivity contribution in [2.75, 3.05) is 7.11 Å². The molecule has 0 aromatic heterocycles. The van der Waals surface area contributed by atoms with E-state index in [1.165, 1.54) is 36.8 Å². The van der Waals surface area contributed by atoms with E-state index < -0.39 is 0 Å². The molecule has 1 fully saturated rings. The number of hydrogen-bond acceptors (Lipinski definition) is 1. The Kier molecular flexibility index (Phi) is 4.90. The average molecular weight is 274 g/mol. The molecule has 0 bridgehead atoms. The Hall–Kier alpha value is -0.820. The van der Waals surface area contributed by atoms with E-state index in [1.54, 1.807) is 7.11 Å². The van der Waals surface area contributed by atoms with Gasteiger partial charge in [0.2, 0.25) is 0 Å². The molecule has 112 valence electrons. The molecule has 0 radical (unpaired) electrons. The van der Waals surface area contributed by atoms with Gasteiger partial charge in [-0.05, 0) is 61.0 Å². The van der Waals surface area contributed by atoms with Crippen LogP contribution in [0.15, 0.2) is 24.3 Å². The summed E-state index contributed by atoms with van der Waals surface area (Å²) in [5, 5.41) is 0. The molecule has 0 saturated heterocycles. The third-order valence-corrected chi connectivity index (χ3v) is 5.16. The van der Waals surface area contributed by atoms with Crippen LogP contribution in [0.2, 0.25) is 0 Å². The monoisotopic (exact) mass is 274 g/mol. The number of hydrogen-bond donors (Lipinski definition) is 0. The fourth-order valence-electron chi connectivity index (χ4n) is 3.49. The van der Waals surface area contributed by atoms with E-state index in [2.05, 4.69) is 52.0 Å². The normalized spacial score (nSPS) is 25.4. The van der Waals surface area contributed by atoms with Gasteiger partial charge in [0.15, 0.2) is 0 Å². The van der Waals surface area contributed by atoms with Crippen molar-refractivity contribution in [3.05, 3.63) is 35.4 Å². The van der Waals surface area contributed by atoms with Gasteiger partial charge in [-0.15, -0.1) is 0 Å². The van der Waals surface area contributed by atoms with Crippen LogP contribution >= 0.6 is 0 Å². The van der Waals surface area contributed by atoms with E-state index >= 15 is 0 Å². The second kappa shape index (κ2) is 6.30. The molecule has 1 aliphatic rings. The molecule has 0 N–H and O–H groups in total. The molecule has 0 heterocycles. The minimum atomic E-state index is 0.195. The van der Waals surface area contributed by atoms with Crippen LogP contribution in [0.1, 0.15) is 76.5 Å². The summed E-state index contributed by atoms with van der Waals surface area (Å²) in [6.45, 7) is 9.28. The zero-order valence-electron chi connectivity index (χ0n) is 13.8. The first kappa shape index (κ1) is 15.6. The Bertz CT molecular complexity index is 422. The van der Waals surface area contributed by atoms with Crippen LogP contribution in [0.5, 0.6) is 0 Å². The minimum absolute atomic E-state index is 0.195. The highest BCUT2D eigenvalue weighted by Gasteiger charge is 2.30. The molecule has 0 aliphatic heterocycles. The molecular weight excluding hydrogens is 244 g/mol. The summed E-state index contributed by atoms with van der Waals surface area (Å²) >= 11 is 0. The topological polar surface area (TPSA) is 9.23 Å². The SMILES string of the molecule is COC(C)c1cccc(C2CCC(C(C)(C)C)CC2)c1. The summed E-state index contributed by atoms with van der Waals surface area (Å²) in [6.07, 6.45) is 5.62. The van der Waals surface area contributed by atoms with Gasteiger partial charge in [-0.1, -0.05) is 45.0 Å². The van der Waals surface area contributed by atoms with Gasteiger partial charge in [0.05, 0.1) is 6.10 Å².